The lowest BCUT2D eigenvalue weighted by atomic mass is 10.3. The minimum absolute atomic E-state index is 0.0419. The van der Waals surface area contributed by atoms with Crippen molar-refractivity contribution in [1.29, 1.82) is 0 Å². The number of nitrogens with one attached hydrogen (secondary N) is 2. The summed E-state index contributed by atoms with van der Waals surface area (Å²) in [6.07, 6.45) is 5.18. The standard InChI is InChI=1S/C14H16N4O/c19-14(18-10-13-3-1-2-6-17-13)11-16-9-12-4-7-15-8-5-12/h1-8,16H,9-11H2,(H,18,19). The van der Waals surface area contributed by atoms with Crippen LogP contribution in [0.25, 0.3) is 0 Å². The smallest absolute Gasteiger partial charge is 0.234 e. The van der Waals surface area contributed by atoms with Crippen LogP contribution in [0.1, 0.15) is 11.3 Å². The molecule has 2 N–H and O–H groups in total. The van der Waals surface area contributed by atoms with Crippen LogP contribution in [0.5, 0.6) is 0 Å². The van der Waals surface area contributed by atoms with Crippen molar-refractivity contribution in [3.8, 4) is 0 Å². The molecule has 0 bridgehead atoms. The SMILES string of the molecule is O=C(CNCc1ccncc1)NCc1ccccn1. The molecule has 0 saturated carbocycles. The van der Waals surface area contributed by atoms with Crippen molar-refractivity contribution in [1.82, 2.24) is 20.6 Å². The van der Waals surface area contributed by atoms with E-state index in [1.807, 2.05) is 30.3 Å². The topological polar surface area (TPSA) is 66.9 Å². The maximum atomic E-state index is 11.6. The first-order valence-electron chi connectivity index (χ1n) is 6.11. The lowest BCUT2D eigenvalue weighted by molar-refractivity contribution is -0.120. The highest BCUT2D eigenvalue weighted by Gasteiger charge is 2.01. The fraction of sp³-hybridized carbons (Fsp3) is 0.214. The molecule has 0 aliphatic rings. The van der Waals surface area contributed by atoms with E-state index < -0.39 is 0 Å². The van der Waals surface area contributed by atoms with Gasteiger partial charge in [0.2, 0.25) is 5.91 Å². The van der Waals surface area contributed by atoms with Crippen molar-refractivity contribution in [3.63, 3.8) is 0 Å². The third kappa shape index (κ3) is 4.85. The highest BCUT2D eigenvalue weighted by molar-refractivity contribution is 5.77. The van der Waals surface area contributed by atoms with Crippen LogP contribution < -0.4 is 10.6 Å². The molecule has 0 aromatic carbocycles. The average molecular weight is 256 g/mol. The van der Waals surface area contributed by atoms with Gasteiger partial charge in [-0.3, -0.25) is 14.8 Å². The van der Waals surface area contributed by atoms with Gasteiger partial charge < -0.3 is 10.6 Å². The Bertz CT molecular complexity index is 501. The quantitative estimate of drug-likeness (QED) is 0.805. The van der Waals surface area contributed by atoms with E-state index in [0.29, 0.717) is 13.1 Å². The zero-order valence-corrected chi connectivity index (χ0v) is 10.5. The van der Waals surface area contributed by atoms with Crippen LogP contribution in [-0.2, 0) is 17.9 Å². The Morgan fingerprint density at radius 1 is 1.05 bits per heavy atom. The molecule has 2 aromatic rings. The minimum atomic E-state index is -0.0419. The summed E-state index contributed by atoms with van der Waals surface area (Å²) in [5.74, 6) is -0.0419. The predicted molar refractivity (Wildman–Crippen MR) is 72.0 cm³/mol. The molecule has 5 heteroatoms. The fourth-order valence-electron chi connectivity index (χ4n) is 1.58. The Balaban J connectivity index is 1.65. The van der Waals surface area contributed by atoms with Gasteiger partial charge >= 0.3 is 0 Å². The summed E-state index contributed by atoms with van der Waals surface area (Å²) in [6, 6.07) is 9.46. The molecular formula is C14H16N4O. The molecule has 98 valence electrons. The summed E-state index contributed by atoms with van der Waals surface area (Å²) in [5, 5.41) is 5.89. The Morgan fingerprint density at radius 2 is 1.89 bits per heavy atom. The van der Waals surface area contributed by atoms with E-state index in [9.17, 15) is 4.79 Å². The number of carbonyl (C=O) groups excluding carboxylic acids is 1. The van der Waals surface area contributed by atoms with Gasteiger partial charge in [0.05, 0.1) is 18.8 Å². The Morgan fingerprint density at radius 3 is 2.63 bits per heavy atom. The van der Waals surface area contributed by atoms with Gasteiger partial charge in [-0.25, -0.2) is 0 Å². The van der Waals surface area contributed by atoms with E-state index in [-0.39, 0.29) is 12.5 Å². The van der Waals surface area contributed by atoms with Gasteiger partial charge in [-0.05, 0) is 29.8 Å². The number of aromatic nitrogens is 2. The van der Waals surface area contributed by atoms with Crippen molar-refractivity contribution in [2.45, 2.75) is 13.1 Å². The van der Waals surface area contributed by atoms with Crippen LogP contribution >= 0.6 is 0 Å². The number of nitrogens with zero attached hydrogens (tertiary/aromatic N) is 2. The van der Waals surface area contributed by atoms with Crippen molar-refractivity contribution < 1.29 is 4.79 Å². The van der Waals surface area contributed by atoms with E-state index in [1.165, 1.54) is 0 Å². The number of pyridine rings is 2. The first-order chi connectivity index (χ1) is 9.34. The predicted octanol–water partition coefficient (Wildman–Crippen LogP) is 0.883. The Labute approximate surface area is 112 Å². The van der Waals surface area contributed by atoms with Crippen LogP contribution in [0.3, 0.4) is 0 Å². The molecule has 0 aliphatic carbocycles. The van der Waals surface area contributed by atoms with Crippen molar-refractivity contribution in [2.24, 2.45) is 0 Å². The minimum Gasteiger partial charge on any atom is -0.349 e. The fourth-order valence-corrected chi connectivity index (χ4v) is 1.58. The van der Waals surface area contributed by atoms with Crippen LogP contribution in [-0.4, -0.2) is 22.4 Å². The van der Waals surface area contributed by atoms with Gasteiger partial charge in [0.25, 0.3) is 0 Å². The number of rotatable bonds is 6. The van der Waals surface area contributed by atoms with Gasteiger partial charge in [-0.15, -0.1) is 0 Å². The van der Waals surface area contributed by atoms with E-state index in [1.54, 1.807) is 18.6 Å². The monoisotopic (exact) mass is 256 g/mol. The molecule has 2 aromatic heterocycles. The molecule has 0 atom stereocenters. The molecule has 0 aliphatic heterocycles. The van der Waals surface area contributed by atoms with E-state index >= 15 is 0 Å². The zero-order chi connectivity index (χ0) is 13.3. The molecule has 0 spiro atoms. The van der Waals surface area contributed by atoms with E-state index in [0.717, 1.165) is 11.3 Å². The van der Waals surface area contributed by atoms with Crippen molar-refractivity contribution in [3.05, 3.63) is 60.2 Å². The second kappa shape index (κ2) is 7.23. The summed E-state index contributed by atoms with van der Waals surface area (Å²) in [4.78, 5) is 19.7. The van der Waals surface area contributed by atoms with Crippen molar-refractivity contribution in [2.75, 3.05) is 6.54 Å². The molecular weight excluding hydrogens is 240 g/mol. The first kappa shape index (κ1) is 13.2. The van der Waals surface area contributed by atoms with E-state index in [2.05, 4.69) is 20.6 Å². The molecule has 19 heavy (non-hydrogen) atoms. The van der Waals surface area contributed by atoms with Gasteiger partial charge in [-0.1, -0.05) is 6.07 Å². The molecule has 2 heterocycles. The highest BCUT2D eigenvalue weighted by atomic mass is 16.1. The van der Waals surface area contributed by atoms with Gasteiger partial charge in [0.15, 0.2) is 0 Å². The second-order valence-electron chi connectivity index (χ2n) is 4.06. The Kier molecular flexibility index (Phi) is 5.01. The number of hydrogen-bond acceptors (Lipinski definition) is 4. The van der Waals surface area contributed by atoms with Crippen LogP contribution in [0.4, 0.5) is 0 Å². The van der Waals surface area contributed by atoms with Gasteiger partial charge in [0.1, 0.15) is 0 Å². The second-order valence-corrected chi connectivity index (χ2v) is 4.06. The van der Waals surface area contributed by atoms with Crippen molar-refractivity contribution >= 4 is 5.91 Å². The first-order valence-corrected chi connectivity index (χ1v) is 6.11. The molecule has 0 radical (unpaired) electrons. The number of amides is 1. The summed E-state index contributed by atoms with van der Waals surface area (Å²) in [6.45, 7) is 1.39. The van der Waals surface area contributed by atoms with Crippen LogP contribution in [0, 0.1) is 0 Å². The molecule has 0 fully saturated rings. The highest BCUT2D eigenvalue weighted by Crippen LogP contribution is 1.94. The summed E-state index contributed by atoms with van der Waals surface area (Å²) >= 11 is 0. The summed E-state index contributed by atoms with van der Waals surface area (Å²) in [7, 11) is 0. The normalized spacial score (nSPS) is 10.1. The third-order valence-electron chi connectivity index (χ3n) is 2.56. The molecule has 0 saturated heterocycles. The van der Waals surface area contributed by atoms with Crippen LogP contribution in [0.2, 0.25) is 0 Å². The summed E-state index contributed by atoms with van der Waals surface area (Å²) < 4.78 is 0. The molecule has 2 rings (SSSR count). The third-order valence-corrected chi connectivity index (χ3v) is 2.56. The van der Waals surface area contributed by atoms with E-state index in [4.69, 9.17) is 0 Å². The van der Waals surface area contributed by atoms with Gasteiger partial charge in [-0.2, -0.15) is 0 Å². The molecule has 0 unspecified atom stereocenters. The maximum Gasteiger partial charge on any atom is 0.234 e. The number of hydrogen-bond donors (Lipinski definition) is 2. The number of carbonyl (C=O) groups is 1. The lowest BCUT2D eigenvalue weighted by Gasteiger charge is -2.06. The average Bonchev–Trinajstić information content (AvgIpc) is 2.47. The molecule has 1 amide bonds. The van der Waals surface area contributed by atoms with Crippen LogP contribution in [0.15, 0.2) is 48.9 Å². The maximum absolute atomic E-state index is 11.6. The summed E-state index contributed by atoms with van der Waals surface area (Å²) in [5.41, 5.74) is 1.96. The Hall–Kier alpha value is -2.27. The molecule has 5 nitrogen and oxygen atoms in total. The largest absolute Gasteiger partial charge is 0.349 e. The lowest BCUT2D eigenvalue weighted by Crippen LogP contribution is -2.33. The zero-order valence-electron chi connectivity index (χ0n) is 10.5. The van der Waals surface area contributed by atoms with Gasteiger partial charge in [0, 0.05) is 25.1 Å².